The lowest BCUT2D eigenvalue weighted by Gasteiger charge is -2.05. The van der Waals surface area contributed by atoms with E-state index >= 15 is 0 Å². The van der Waals surface area contributed by atoms with E-state index in [0.29, 0.717) is 6.42 Å². The van der Waals surface area contributed by atoms with Crippen molar-refractivity contribution >= 4 is 17.7 Å². The average molecular weight is 240 g/mol. The monoisotopic (exact) mass is 240 g/mol. The molecular formula is C11H16N2O2S. The molecule has 88 valence electrons. The lowest BCUT2D eigenvalue weighted by atomic mass is 10.2. The first-order chi connectivity index (χ1) is 7.70. The number of carboxylic acid groups (broad SMARTS) is 1. The van der Waals surface area contributed by atoms with E-state index in [9.17, 15) is 4.79 Å². The highest BCUT2D eigenvalue weighted by Gasteiger charge is 2.09. The van der Waals surface area contributed by atoms with Crippen molar-refractivity contribution in [3.8, 4) is 0 Å². The molecule has 0 bridgehead atoms. The van der Waals surface area contributed by atoms with Gasteiger partial charge in [0, 0.05) is 12.4 Å². The van der Waals surface area contributed by atoms with Crippen LogP contribution in [-0.4, -0.2) is 33.6 Å². The van der Waals surface area contributed by atoms with Gasteiger partial charge in [0.2, 0.25) is 0 Å². The molecule has 0 fully saturated rings. The van der Waals surface area contributed by atoms with Crippen molar-refractivity contribution in [2.75, 3.05) is 11.5 Å². The second-order valence-electron chi connectivity index (χ2n) is 3.46. The van der Waals surface area contributed by atoms with E-state index < -0.39 is 12.0 Å². The molecule has 4 nitrogen and oxygen atoms in total. The number of carbonyl (C=O) groups is 1. The second kappa shape index (κ2) is 7.24. The molecule has 1 rings (SSSR count). The summed E-state index contributed by atoms with van der Waals surface area (Å²) in [6, 6.07) is 3.22. The molecule has 0 aliphatic rings. The zero-order valence-electron chi connectivity index (χ0n) is 9.00. The molecule has 1 atom stereocenters. The molecule has 0 saturated heterocycles. The van der Waals surface area contributed by atoms with Crippen LogP contribution in [0.2, 0.25) is 0 Å². The number of nitrogens with zero attached hydrogens (tertiary/aromatic N) is 1. The number of nitrogens with two attached hydrogens (primary N) is 1. The van der Waals surface area contributed by atoms with Crippen LogP contribution in [0.4, 0.5) is 0 Å². The van der Waals surface area contributed by atoms with E-state index in [0.717, 1.165) is 17.9 Å². The number of carboxylic acids is 1. The lowest BCUT2D eigenvalue weighted by molar-refractivity contribution is -0.138. The quantitative estimate of drug-likeness (QED) is 0.699. The summed E-state index contributed by atoms with van der Waals surface area (Å²) in [4.78, 5) is 14.5. The fourth-order valence-electron chi connectivity index (χ4n) is 1.17. The van der Waals surface area contributed by atoms with Crippen LogP contribution >= 0.6 is 11.8 Å². The summed E-state index contributed by atoms with van der Waals surface area (Å²) in [7, 11) is 0. The van der Waals surface area contributed by atoms with Gasteiger partial charge in [0.05, 0.1) is 0 Å². The van der Waals surface area contributed by atoms with Gasteiger partial charge in [0.25, 0.3) is 0 Å². The van der Waals surface area contributed by atoms with Crippen LogP contribution < -0.4 is 5.73 Å². The van der Waals surface area contributed by atoms with Crippen molar-refractivity contribution in [3.63, 3.8) is 0 Å². The number of rotatable bonds is 7. The van der Waals surface area contributed by atoms with E-state index in [2.05, 4.69) is 4.98 Å². The minimum atomic E-state index is -0.923. The molecule has 1 unspecified atom stereocenters. The van der Waals surface area contributed by atoms with Crippen molar-refractivity contribution in [1.29, 1.82) is 0 Å². The van der Waals surface area contributed by atoms with E-state index in [1.165, 1.54) is 5.56 Å². The number of thioether (sulfide) groups is 1. The Labute approximate surface area is 99.3 Å². The summed E-state index contributed by atoms with van der Waals surface area (Å²) >= 11 is 1.72. The minimum absolute atomic E-state index is 0.521. The Kier molecular flexibility index (Phi) is 5.88. The van der Waals surface area contributed by atoms with Gasteiger partial charge in [-0.05, 0) is 36.0 Å². The van der Waals surface area contributed by atoms with Crippen molar-refractivity contribution in [3.05, 3.63) is 30.1 Å². The number of hydrogen-bond donors (Lipinski definition) is 2. The number of aliphatic carboxylic acids is 1. The smallest absolute Gasteiger partial charge is 0.320 e. The summed E-state index contributed by atoms with van der Waals surface area (Å²) in [6.45, 7) is 0. The first kappa shape index (κ1) is 13.0. The van der Waals surface area contributed by atoms with Crippen LogP contribution in [-0.2, 0) is 11.2 Å². The summed E-state index contributed by atoms with van der Waals surface area (Å²) in [5, 5.41) is 8.57. The van der Waals surface area contributed by atoms with Crippen LogP contribution in [0.1, 0.15) is 12.0 Å². The van der Waals surface area contributed by atoms with Crippen molar-refractivity contribution in [2.24, 2.45) is 5.73 Å². The normalized spacial score (nSPS) is 12.3. The predicted molar refractivity (Wildman–Crippen MR) is 65.5 cm³/mol. The van der Waals surface area contributed by atoms with Gasteiger partial charge in [0.1, 0.15) is 6.04 Å². The molecule has 0 aliphatic carbocycles. The Morgan fingerprint density at radius 3 is 3.00 bits per heavy atom. The third-order valence-electron chi connectivity index (χ3n) is 2.15. The fourth-order valence-corrected chi connectivity index (χ4v) is 2.18. The number of pyridine rings is 1. The van der Waals surface area contributed by atoms with Gasteiger partial charge >= 0.3 is 5.97 Å². The average Bonchev–Trinajstić information content (AvgIpc) is 2.29. The molecule has 0 saturated carbocycles. The van der Waals surface area contributed by atoms with Crippen LogP contribution in [0.15, 0.2) is 24.5 Å². The first-order valence-electron chi connectivity index (χ1n) is 5.15. The molecule has 5 heteroatoms. The maximum absolute atomic E-state index is 10.4. The Bertz CT molecular complexity index is 319. The Morgan fingerprint density at radius 1 is 1.56 bits per heavy atom. The zero-order chi connectivity index (χ0) is 11.8. The molecule has 0 radical (unpaired) electrons. The molecule has 0 aliphatic heterocycles. The van der Waals surface area contributed by atoms with E-state index in [4.69, 9.17) is 10.8 Å². The highest BCUT2D eigenvalue weighted by atomic mass is 32.2. The van der Waals surface area contributed by atoms with Crippen LogP contribution in [0.5, 0.6) is 0 Å². The summed E-state index contributed by atoms with van der Waals surface area (Å²) in [5.41, 5.74) is 6.59. The Balaban J connectivity index is 2.07. The van der Waals surface area contributed by atoms with Gasteiger partial charge < -0.3 is 10.8 Å². The maximum atomic E-state index is 10.4. The van der Waals surface area contributed by atoms with E-state index in [-0.39, 0.29) is 0 Å². The van der Waals surface area contributed by atoms with Crippen molar-refractivity contribution in [1.82, 2.24) is 4.98 Å². The minimum Gasteiger partial charge on any atom is -0.480 e. The summed E-state index contributed by atoms with van der Waals surface area (Å²) in [6.07, 6.45) is 5.08. The molecule has 0 amide bonds. The maximum Gasteiger partial charge on any atom is 0.320 e. The van der Waals surface area contributed by atoms with Crippen LogP contribution in [0.3, 0.4) is 0 Å². The number of aromatic nitrogens is 1. The van der Waals surface area contributed by atoms with Gasteiger partial charge in [-0.3, -0.25) is 9.78 Å². The fraction of sp³-hybridized carbons (Fsp3) is 0.455. The first-order valence-corrected chi connectivity index (χ1v) is 6.30. The van der Waals surface area contributed by atoms with Gasteiger partial charge in [-0.2, -0.15) is 11.8 Å². The van der Waals surface area contributed by atoms with Crippen molar-refractivity contribution < 1.29 is 9.90 Å². The molecule has 1 aromatic heterocycles. The van der Waals surface area contributed by atoms with Gasteiger partial charge in [-0.25, -0.2) is 0 Å². The van der Waals surface area contributed by atoms with Crippen LogP contribution in [0, 0.1) is 0 Å². The summed E-state index contributed by atoms with van der Waals surface area (Å²) < 4.78 is 0. The zero-order valence-corrected chi connectivity index (χ0v) is 9.82. The lowest BCUT2D eigenvalue weighted by Crippen LogP contribution is -2.30. The highest BCUT2D eigenvalue weighted by molar-refractivity contribution is 7.99. The highest BCUT2D eigenvalue weighted by Crippen LogP contribution is 2.08. The van der Waals surface area contributed by atoms with Gasteiger partial charge in [0.15, 0.2) is 0 Å². The number of hydrogen-bond acceptors (Lipinski definition) is 4. The standard InChI is InChI=1S/C11H16N2O2S/c12-10(11(14)15)4-7-16-6-3-9-2-1-5-13-8-9/h1-2,5,8,10H,3-4,6-7,12H2,(H,14,15). The number of aryl methyl sites for hydroxylation is 1. The predicted octanol–water partition coefficient (Wildman–Crippen LogP) is 1.16. The van der Waals surface area contributed by atoms with Crippen molar-refractivity contribution in [2.45, 2.75) is 18.9 Å². The Hall–Kier alpha value is -1.07. The van der Waals surface area contributed by atoms with Crippen LogP contribution in [0.25, 0.3) is 0 Å². The molecule has 3 N–H and O–H groups in total. The van der Waals surface area contributed by atoms with Gasteiger partial charge in [-0.1, -0.05) is 6.07 Å². The third kappa shape index (κ3) is 5.14. The molecule has 1 heterocycles. The molecule has 0 spiro atoms. The molecular weight excluding hydrogens is 224 g/mol. The second-order valence-corrected chi connectivity index (χ2v) is 4.68. The largest absolute Gasteiger partial charge is 0.480 e. The topological polar surface area (TPSA) is 76.2 Å². The molecule has 1 aromatic rings. The van der Waals surface area contributed by atoms with E-state index in [1.807, 2.05) is 18.3 Å². The SMILES string of the molecule is NC(CCSCCc1cccnc1)C(=O)O. The molecule has 16 heavy (non-hydrogen) atoms. The molecule has 0 aromatic carbocycles. The van der Waals surface area contributed by atoms with E-state index in [1.54, 1.807) is 18.0 Å². The Morgan fingerprint density at radius 2 is 2.38 bits per heavy atom. The summed E-state index contributed by atoms with van der Waals surface area (Å²) in [5.74, 6) is 0.832. The third-order valence-corrected chi connectivity index (χ3v) is 3.17. The van der Waals surface area contributed by atoms with Gasteiger partial charge in [-0.15, -0.1) is 0 Å².